The number of carbonyl (C=O) groups is 1. The zero-order valence-corrected chi connectivity index (χ0v) is 18.5. The highest BCUT2D eigenvalue weighted by Gasteiger charge is 2.27. The Balaban J connectivity index is 2.03. The van der Waals surface area contributed by atoms with E-state index in [0.29, 0.717) is 43.0 Å². The maximum atomic E-state index is 12.8. The second-order valence-electron chi connectivity index (χ2n) is 7.79. The molecule has 0 amide bonds. The Morgan fingerprint density at radius 1 is 1.35 bits per heavy atom. The number of hydrogen-bond acceptors (Lipinski definition) is 6. The second kappa shape index (κ2) is 9.14. The predicted molar refractivity (Wildman–Crippen MR) is 107 cm³/mol. The lowest BCUT2D eigenvalue weighted by molar-refractivity contribution is -0.146. The van der Waals surface area contributed by atoms with E-state index in [-0.39, 0.29) is 24.2 Å². The minimum absolute atomic E-state index is 0.101. The van der Waals surface area contributed by atoms with Crippen molar-refractivity contribution >= 4 is 35.8 Å². The number of piperidine rings is 1. The van der Waals surface area contributed by atoms with Crippen molar-refractivity contribution in [1.82, 2.24) is 9.55 Å². The SMILES string of the molecule is COC(=O)C1CCN(c2nc(Br)cn(COCC[Si](C)(C)C)c2=O)CC1. The predicted octanol–water partition coefficient (Wildman–Crippen LogP) is 2.71. The first-order chi connectivity index (χ1) is 12.2. The van der Waals surface area contributed by atoms with Gasteiger partial charge >= 0.3 is 5.97 Å². The Bertz CT molecular complexity index is 682. The Morgan fingerprint density at radius 3 is 2.58 bits per heavy atom. The van der Waals surface area contributed by atoms with Gasteiger partial charge in [-0.1, -0.05) is 19.6 Å². The molecule has 0 saturated carbocycles. The largest absolute Gasteiger partial charge is 0.469 e. The van der Waals surface area contributed by atoms with Crippen LogP contribution in [0.4, 0.5) is 5.82 Å². The quantitative estimate of drug-likeness (QED) is 0.364. The Morgan fingerprint density at radius 2 is 2.00 bits per heavy atom. The Hall–Kier alpha value is -1.19. The summed E-state index contributed by atoms with van der Waals surface area (Å²) in [7, 11) is 0.251. The molecule has 146 valence electrons. The van der Waals surface area contributed by atoms with Crippen molar-refractivity contribution in [2.75, 3.05) is 31.7 Å². The summed E-state index contributed by atoms with van der Waals surface area (Å²) < 4.78 is 12.7. The van der Waals surface area contributed by atoms with Crippen LogP contribution in [-0.4, -0.2) is 50.4 Å². The van der Waals surface area contributed by atoms with E-state index in [4.69, 9.17) is 9.47 Å². The van der Waals surface area contributed by atoms with Crippen molar-refractivity contribution < 1.29 is 14.3 Å². The summed E-state index contributed by atoms with van der Waals surface area (Å²) in [5, 5.41) is 0. The molecule has 7 nitrogen and oxygen atoms in total. The lowest BCUT2D eigenvalue weighted by Gasteiger charge is -2.31. The number of methoxy groups -OCH3 is 1. The molecule has 1 saturated heterocycles. The number of hydrogen-bond donors (Lipinski definition) is 0. The van der Waals surface area contributed by atoms with Crippen molar-refractivity contribution in [3.05, 3.63) is 21.2 Å². The standard InChI is InChI=1S/C17H28BrN3O4Si/c1-24-17(23)13-5-7-20(8-6-13)15-16(22)21(11-14(18)19-15)12-25-9-10-26(2,3)4/h11,13H,5-10,12H2,1-4H3. The highest BCUT2D eigenvalue weighted by Crippen LogP contribution is 2.22. The van der Waals surface area contributed by atoms with E-state index in [9.17, 15) is 9.59 Å². The summed E-state index contributed by atoms with van der Waals surface area (Å²) in [5.41, 5.74) is -0.169. The maximum Gasteiger partial charge on any atom is 0.308 e. The summed E-state index contributed by atoms with van der Waals surface area (Å²) in [6, 6.07) is 1.06. The minimum Gasteiger partial charge on any atom is -0.469 e. The normalized spacial score (nSPS) is 16.0. The van der Waals surface area contributed by atoms with Crippen molar-refractivity contribution in [1.29, 1.82) is 0 Å². The first kappa shape index (κ1) is 21.1. The van der Waals surface area contributed by atoms with Crippen molar-refractivity contribution in [2.45, 2.75) is 45.3 Å². The monoisotopic (exact) mass is 445 g/mol. The highest BCUT2D eigenvalue weighted by atomic mass is 79.9. The summed E-state index contributed by atoms with van der Waals surface area (Å²) in [6.45, 7) is 8.96. The molecule has 1 aromatic heterocycles. The summed E-state index contributed by atoms with van der Waals surface area (Å²) in [5.74, 6) is 0.118. The van der Waals surface area contributed by atoms with Crippen LogP contribution in [0.1, 0.15) is 12.8 Å². The van der Waals surface area contributed by atoms with Gasteiger partial charge in [0.15, 0.2) is 5.82 Å². The molecule has 0 atom stereocenters. The molecule has 1 aliphatic heterocycles. The van der Waals surface area contributed by atoms with Gasteiger partial charge in [0.1, 0.15) is 11.3 Å². The number of aromatic nitrogens is 2. The summed E-state index contributed by atoms with van der Waals surface area (Å²) in [6.07, 6.45) is 2.97. The molecular weight excluding hydrogens is 418 g/mol. The van der Waals surface area contributed by atoms with Gasteiger partial charge in [0.25, 0.3) is 5.56 Å². The molecule has 1 fully saturated rings. The maximum absolute atomic E-state index is 12.8. The zero-order valence-electron chi connectivity index (χ0n) is 16.0. The molecule has 1 aliphatic rings. The van der Waals surface area contributed by atoms with Crippen LogP contribution in [-0.2, 0) is 21.0 Å². The molecule has 0 N–H and O–H groups in total. The molecule has 0 radical (unpaired) electrons. The molecule has 26 heavy (non-hydrogen) atoms. The third kappa shape index (κ3) is 5.92. The van der Waals surface area contributed by atoms with Crippen LogP contribution in [0.15, 0.2) is 15.6 Å². The Kier molecular flexibility index (Phi) is 7.42. The lowest BCUT2D eigenvalue weighted by atomic mass is 9.97. The molecule has 9 heteroatoms. The van der Waals surface area contributed by atoms with Gasteiger partial charge in [0, 0.05) is 34.0 Å². The molecule has 0 aromatic carbocycles. The van der Waals surface area contributed by atoms with Crippen molar-refractivity contribution in [2.24, 2.45) is 5.92 Å². The van der Waals surface area contributed by atoms with E-state index in [1.54, 1.807) is 10.8 Å². The van der Waals surface area contributed by atoms with E-state index < -0.39 is 8.07 Å². The van der Waals surface area contributed by atoms with E-state index in [1.165, 1.54) is 7.11 Å². The topological polar surface area (TPSA) is 73.7 Å². The second-order valence-corrected chi connectivity index (χ2v) is 14.2. The number of ether oxygens (including phenoxy) is 2. The van der Waals surface area contributed by atoms with E-state index in [0.717, 1.165) is 6.04 Å². The molecular formula is C17H28BrN3O4Si. The van der Waals surface area contributed by atoms with Gasteiger partial charge in [-0.2, -0.15) is 0 Å². The van der Waals surface area contributed by atoms with Crippen LogP contribution in [0.5, 0.6) is 0 Å². The highest BCUT2D eigenvalue weighted by molar-refractivity contribution is 9.10. The molecule has 0 bridgehead atoms. The third-order valence-electron chi connectivity index (χ3n) is 4.48. The number of rotatable bonds is 7. The van der Waals surface area contributed by atoms with Gasteiger partial charge < -0.3 is 14.4 Å². The summed E-state index contributed by atoms with van der Waals surface area (Å²) >= 11 is 3.38. The molecule has 2 heterocycles. The van der Waals surface area contributed by atoms with Gasteiger partial charge in [0.05, 0.1) is 13.0 Å². The number of esters is 1. The van der Waals surface area contributed by atoms with E-state index >= 15 is 0 Å². The number of nitrogens with zero attached hydrogens (tertiary/aromatic N) is 3. The van der Waals surface area contributed by atoms with Crippen LogP contribution >= 0.6 is 15.9 Å². The fourth-order valence-electron chi connectivity index (χ4n) is 2.83. The third-order valence-corrected chi connectivity index (χ3v) is 6.57. The van der Waals surface area contributed by atoms with Crippen LogP contribution < -0.4 is 10.5 Å². The fourth-order valence-corrected chi connectivity index (χ4v) is 4.00. The van der Waals surface area contributed by atoms with Gasteiger partial charge in [-0.05, 0) is 34.8 Å². The first-order valence-corrected chi connectivity index (χ1v) is 13.4. The van der Waals surface area contributed by atoms with Crippen LogP contribution in [0.25, 0.3) is 0 Å². The van der Waals surface area contributed by atoms with E-state index in [2.05, 4.69) is 40.6 Å². The minimum atomic E-state index is -1.16. The molecule has 0 spiro atoms. The van der Waals surface area contributed by atoms with Gasteiger partial charge in [-0.15, -0.1) is 0 Å². The van der Waals surface area contributed by atoms with Crippen molar-refractivity contribution in [3.63, 3.8) is 0 Å². The average Bonchev–Trinajstić information content (AvgIpc) is 2.59. The van der Waals surface area contributed by atoms with Crippen molar-refractivity contribution in [3.8, 4) is 0 Å². The van der Waals surface area contributed by atoms with Crippen LogP contribution in [0.2, 0.25) is 25.7 Å². The smallest absolute Gasteiger partial charge is 0.308 e. The zero-order chi connectivity index (χ0) is 19.3. The molecule has 0 unspecified atom stereocenters. The van der Waals surface area contributed by atoms with Crippen LogP contribution in [0, 0.1) is 5.92 Å². The fraction of sp³-hybridized carbons (Fsp3) is 0.706. The number of halogens is 1. The first-order valence-electron chi connectivity index (χ1n) is 8.89. The molecule has 1 aromatic rings. The van der Waals surface area contributed by atoms with Gasteiger partial charge in [0.2, 0.25) is 0 Å². The van der Waals surface area contributed by atoms with E-state index in [1.807, 2.05) is 4.90 Å². The van der Waals surface area contributed by atoms with Crippen LogP contribution in [0.3, 0.4) is 0 Å². The Labute approximate surface area is 163 Å². The van der Waals surface area contributed by atoms with Gasteiger partial charge in [-0.3, -0.25) is 14.2 Å². The van der Waals surface area contributed by atoms with Gasteiger partial charge in [-0.25, -0.2) is 4.98 Å². The average molecular weight is 446 g/mol. The summed E-state index contributed by atoms with van der Waals surface area (Å²) in [4.78, 5) is 30.7. The number of anilines is 1. The number of carbonyl (C=O) groups excluding carboxylic acids is 1. The molecule has 0 aliphatic carbocycles. The molecule has 2 rings (SSSR count). The lowest BCUT2D eigenvalue weighted by Crippen LogP contribution is -2.41.